The maximum atomic E-state index is 11.5. The molecule has 4 heteroatoms. The van der Waals surface area contributed by atoms with Crippen LogP contribution in [-0.2, 0) is 4.74 Å². The molecule has 86 valence electrons. The van der Waals surface area contributed by atoms with Crippen molar-refractivity contribution in [2.45, 2.75) is 25.6 Å². The second-order valence-electron chi connectivity index (χ2n) is 4.56. The molecule has 1 aliphatic rings. The van der Waals surface area contributed by atoms with E-state index in [0.29, 0.717) is 5.56 Å². The van der Waals surface area contributed by atoms with Crippen LogP contribution in [0.4, 0.5) is 0 Å². The Labute approximate surface area is 94.2 Å². The Hall–Kier alpha value is -1.39. The number of esters is 1. The van der Waals surface area contributed by atoms with E-state index in [2.05, 4.69) is 5.32 Å². The second kappa shape index (κ2) is 3.88. The smallest absolute Gasteiger partial charge is 0.340 e. The van der Waals surface area contributed by atoms with Gasteiger partial charge in [-0.05, 0) is 19.9 Å². The van der Waals surface area contributed by atoms with Gasteiger partial charge >= 0.3 is 5.97 Å². The standard InChI is InChI=1S/C12H15NO3/c1-12(2,7-14)13-10-8-5-3-4-6-9(8)11(15)16-10/h3-6,10,13-14H,7H2,1-2H3. The molecule has 1 unspecified atom stereocenters. The highest BCUT2D eigenvalue weighted by Crippen LogP contribution is 2.29. The molecule has 0 amide bonds. The lowest BCUT2D eigenvalue weighted by Gasteiger charge is -2.27. The zero-order valence-electron chi connectivity index (χ0n) is 9.36. The number of carbonyl (C=O) groups is 1. The number of carbonyl (C=O) groups excluding carboxylic acids is 1. The van der Waals surface area contributed by atoms with Crippen molar-refractivity contribution < 1.29 is 14.6 Å². The predicted molar refractivity (Wildman–Crippen MR) is 58.9 cm³/mol. The van der Waals surface area contributed by atoms with E-state index in [4.69, 9.17) is 9.84 Å². The van der Waals surface area contributed by atoms with Crippen molar-refractivity contribution >= 4 is 5.97 Å². The summed E-state index contributed by atoms with van der Waals surface area (Å²) in [6, 6.07) is 7.26. The van der Waals surface area contributed by atoms with Crippen LogP contribution in [-0.4, -0.2) is 23.2 Å². The van der Waals surface area contributed by atoms with Gasteiger partial charge < -0.3 is 9.84 Å². The van der Waals surface area contributed by atoms with Crippen molar-refractivity contribution in [2.24, 2.45) is 0 Å². The molecule has 1 atom stereocenters. The van der Waals surface area contributed by atoms with Crippen molar-refractivity contribution in [3.05, 3.63) is 35.4 Å². The fraction of sp³-hybridized carbons (Fsp3) is 0.417. The van der Waals surface area contributed by atoms with E-state index in [9.17, 15) is 4.79 Å². The van der Waals surface area contributed by atoms with E-state index in [-0.39, 0.29) is 12.6 Å². The molecular formula is C12H15NO3. The highest BCUT2D eigenvalue weighted by atomic mass is 16.6. The molecular weight excluding hydrogens is 206 g/mol. The topological polar surface area (TPSA) is 58.6 Å². The van der Waals surface area contributed by atoms with Crippen molar-refractivity contribution in [3.8, 4) is 0 Å². The number of ether oxygens (including phenoxy) is 1. The summed E-state index contributed by atoms with van der Waals surface area (Å²) in [4.78, 5) is 11.5. The number of fused-ring (bicyclic) bond motifs is 1. The fourth-order valence-electron chi connectivity index (χ4n) is 1.65. The van der Waals surface area contributed by atoms with Gasteiger partial charge in [-0.15, -0.1) is 0 Å². The van der Waals surface area contributed by atoms with Gasteiger partial charge in [-0.1, -0.05) is 18.2 Å². The summed E-state index contributed by atoms with van der Waals surface area (Å²) in [7, 11) is 0. The first-order valence-corrected chi connectivity index (χ1v) is 5.22. The Kier molecular flexibility index (Phi) is 2.69. The highest BCUT2D eigenvalue weighted by molar-refractivity contribution is 5.93. The molecule has 0 spiro atoms. The van der Waals surface area contributed by atoms with Gasteiger partial charge in [0.2, 0.25) is 0 Å². The zero-order valence-corrected chi connectivity index (χ0v) is 9.36. The van der Waals surface area contributed by atoms with Crippen molar-refractivity contribution in [3.63, 3.8) is 0 Å². The van der Waals surface area contributed by atoms with Crippen LogP contribution in [0.2, 0.25) is 0 Å². The van der Waals surface area contributed by atoms with Gasteiger partial charge in [0, 0.05) is 11.1 Å². The van der Waals surface area contributed by atoms with Crippen molar-refractivity contribution in [1.82, 2.24) is 5.32 Å². The second-order valence-corrected chi connectivity index (χ2v) is 4.56. The van der Waals surface area contributed by atoms with Crippen LogP contribution in [0.5, 0.6) is 0 Å². The summed E-state index contributed by atoms with van der Waals surface area (Å²) < 4.78 is 5.21. The number of hydrogen-bond acceptors (Lipinski definition) is 4. The first kappa shape index (κ1) is 11.1. The van der Waals surface area contributed by atoms with Crippen LogP contribution in [0.25, 0.3) is 0 Å². The number of rotatable bonds is 3. The van der Waals surface area contributed by atoms with Crippen LogP contribution in [0.3, 0.4) is 0 Å². The third-order valence-electron chi connectivity index (χ3n) is 2.61. The molecule has 1 aromatic carbocycles. The molecule has 0 radical (unpaired) electrons. The molecule has 0 bridgehead atoms. The zero-order chi connectivity index (χ0) is 11.8. The van der Waals surface area contributed by atoms with Crippen LogP contribution >= 0.6 is 0 Å². The molecule has 2 rings (SSSR count). The third kappa shape index (κ3) is 1.94. The normalized spacial score (nSPS) is 19.4. The molecule has 0 aliphatic carbocycles. The molecule has 0 saturated heterocycles. The van der Waals surface area contributed by atoms with Crippen LogP contribution in [0.1, 0.15) is 36.0 Å². The van der Waals surface area contributed by atoms with Crippen LogP contribution < -0.4 is 5.32 Å². The first-order valence-electron chi connectivity index (χ1n) is 5.22. The number of aliphatic hydroxyl groups excluding tert-OH is 1. The number of nitrogens with one attached hydrogen (secondary N) is 1. The van der Waals surface area contributed by atoms with Gasteiger partial charge in [-0.2, -0.15) is 0 Å². The van der Waals surface area contributed by atoms with Gasteiger partial charge in [-0.3, -0.25) is 5.32 Å². The van der Waals surface area contributed by atoms with Crippen LogP contribution in [0, 0.1) is 0 Å². The monoisotopic (exact) mass is 221 g/mol. The van der Waals surface area contributed by atoms with Gasteiger partial charge in [0.25, 0.3) is 0 Å². The minimum Gasteiger partial charge on any atom is -0.439 e. The average molecular weight is 221 g/mol. The molecule has 2 N–H and O–H groups in total. The Morgan fingerprint density at radius 3 is 2.81 bits per heavy atom. The van der Waals surface area contributed by atoms with Crippen molar-refractivity contribution in [1.29, 1.82) is 0 Å². The molecule has 0 aromatic heterocycles. The number of aliphatic hydroxyl groups is 1. The quantitative estimate of drug-likeness (QED) is 0.753. The summed E-state index contributed by atoms with van der Waals surface area (Å²) in [5.41, 5.74) is 0.935. The molecule has 0 saturated carbocycles. The van der Waals surface area contributed by atoms with E-state index in [1.807, 2.05) is 26.0 Å². The maximum Gasteiger partial charge on any atom is 0.340 e. The number of cyclic esters (lactones) is 1. The molecule has 16 heavy (non-hydrogen) atoms. The fourth-order valence-corrected chi connectivity index (χ4v) is 1.65. The van der Waals surface area contributed by atoms with E-state index in [1.165, 1.54) is 0 Å². The Balaban J connectivity index is 2.24. The lowest BCUT2D eigenvalue weighted by Crippen LogP contribution is -2.44. The molecule has 4 nitrogen and oxygen atoms in total. The third-order valence-corrected chi connectivity index (χ3v) is 2.61. The lowest BCUT2D eigenvalue weighted by molar-refractivity contribution is 0.0174. The average Bonchev–Trinajstić information content (AvgIpc) is 2.56. The Morgan fingerprint density at radius 1 is 1.44 bits per heavy atom. The summed E-state index contributed by atoms with van der Waals surface area (Å²) in [6.45, 7) is 3.67. The lowest BCUT2D eigenvalue weighted by atomic mass is 10.0. The molecule has 1 heterocycles. The van der Waals surface area contributed by atoms with E-state index in [0.717, 1.165) is 5.56 Å². The maximum absolute atomic E-state index is 11.5. The minimum atomic E-state index is -0.484. The molecule has 1 aliphatic heterocycles. The summed E-state index contributed by atoms with van der Waals surface area (Å²) in [5.74, 6) is -0.318. The van der Waals surface area contributed by atoms with E-state index in [1.54, 1.807) is 12.1 Å². The van der Waals surface area contributed by atoms with Crippen LogP contribution in [0.15, 0.2) is 24.3 Å². The van der Waals surface area contributed by atoms with Gasteiger partial charge in [-0.25, -0.2) is 4.79 Å². The minimum absolute atomic E-state index is 0.0246. The Morgan fingerprint density at radius 2 is 2.12 bits per heavy atom. The highest BCUT2D eigenvalue weighted by Gasteiger charge is 2.33. The Bertz CT molecular complexity index is 414. The largest absolute Gasteiger partial charge is 0.439 e. The van der Waals surface area contributed by atoms with Gasteiger partial charge in [0.05, 0.1) is 12.2 Å². The number of benzene rings is 1. The summed E-state index contributed by atoms with van der Waals surface area (Å²) in [5, 5.41) is 12.3. The molecule has 0 fully saturated rings. The summed E-state index contributed by atoms with van der Waals surface area (Å²) >= 11 is 0. The van der Waals surface area contributed by atoms with E-state index >= 15 is 0 Å². The van der Waals surface area contributed by atoms with E-state index < -0.39 is 11.8 Å². The predicted octanol–water partition coefficient (Wildman–Crippen LogP) is 1.22. The summed E-state index contributed by atoms with van der Waals surface area (Å²) in [6.07, 6.45) is -0.467. The SMILES string of the molecule is CC(C)(CO)NC1OC(=O)c2ccccc21. The number of hydrogen-bond donors (Lipinski definition) is 2. The van der Waals surface area contributed by atoms with Crippen molar-refractivity contribution in [2.75, 3.05) is 6.61 Å². The molecule has 1 aromatic rings. The van der Waals surface area contributed by atoms with Gasteiger partial charge in [0.15, 0.2) is 6.23 Å². The first-order chi connectivity index (χ1) is 7.53. The van der Waals surface area contributed by atoms with Gasteiger partial charge in [0.1, 0.15) is 0 Å².